The fourth-order valence-corrected chi connectivity index (χ4v) is 2.78. The maximum absolute atomic E-state index is 9.99. The first kappa shape index (κ1) is 14.3. The number of phenolic OH excluding ortho intramolecular Hbond substituents is 1. The van der Waals surface area contributed by atoms with Gasteiger partial charge in [-0.1, -0.05) is 12.1 Å². The molecule has 0 spiro atoms. The van der Waals surface area contributed by atoms with Crippen molar-refractivity contribution in [1.82, 2.24) is 15.3 Å². The highest BCUT2D eigenvalue weighted by molar-refractivity contribution is 5.66. The summed E-state index contributed by atoms with van der Waals surface area (Å²) in [7, 11) is 0. The largest absolute Gasteiger partial charge is 0.507 e. The van der Waals surface area contributed by atoms with Crippen LogP contribution in [-0.4, -0.2) is 28.2 Å². The standard InChI is InChI=1S/C16H17N5O/c17-9-12-14(10-5-7-19-8-6-10)20-16(21-15(12)18)11-3-1-2-4-13(11)22/h1-4,10,19,22H,5-8H2,(H2,18,20,21). The van der Waals surface area contributed by atoms with Crippen LogP contribution in [0.2, 0.25) is 0 Å². The summed E-state index contributed by atoms with van der Waals surface area (Å²) in [6.07, 6.45) is 1.82. The smallest absolute Gasteiger partial charge is 0.165 e. The minimum absolute atomic E-state index is 0.0999. The summed E-state index contributed by atoms with van der Waals surface area (Å²) in [5.74, 6) is 0.820. The van der Waals surface area contributed by atoms with E-state index < -0.39 is 0 Å². The van der Waals surface area contributed by atoms with Crippen LogP contribution in [0.5, 0.6) is 5.75 Å². The van der Waals surface area contributed by atoms with E-state index in [2.05, 4.69) is 21.4 Å². The lowest BCUT2D eigenvalue weighted by Gasteiger charge is -2.23. The van der Waals surface area contributed by atoms with Crippen LogP contribution in [0.25, 0.3) is 11.4 Å². The van der Waals surface area contributed by atoms with Gasteiger partial charge in [0.2, 0.25) is 0 Å². The molecular formula is C16H17N5O. The summed E-state index contributed by atoms with van der Waals surface area (Å²) < 4.78 is 0. The number of benzene rings is 1. The Morgan fingerprint density at radius 1 is 1.23 bits per heavy atom. The molecule has 1 aromatic carbocycles. The SMILES string of the molecule is N#Cc1c(N)nc(-c2ccccc2O)nc1C1CCNCC1. The average molecular weight is 295 g/mol. The highest BCUT2D eigenvalue weighted by Gasteiger charge is 2.23. The quantitative estimate of drug-likeness (QED) is 0.779. The zero-order valence-corrected chi connectivity index (χ0v) is 12.1. The Bertz CT molecular complexity index is 732. The molecule has 0 radical (unpaired) electrons. The van der Waals surface area contributed by atoms with Gasteiger partial charge in [-0.3, -0.25) is 0 Å². The Morgan fingerprint density at radius 3 is 2.64 bits per heavy atom. The predicted octanol–water partition coefficient (Wildman–Crippen LogP) is 1.77. The molecule has 1 fully saturated rings. The van der Waals surface area contributed by atoms with Gasteiger partial charge >= 0.3 is 0 Å². The first-order valence-corrected chi connectivity index (χ1v) is 7.27. The van der Waals surface area contributed by atoms with Crippen molar-refractivity contribution in [3.8, 4) is 23.2 Å². The Labute approximate surface area is 128 Å². The van der Waals surface area contributed by atoms with E-state index in [1.165, 1.54) is 0 Å². The molecular weight excluding hydrogens is 278 g/mol. The summed E-state index contributed by atoms with van der Waals surface area (Å²) >= 11 is 0. The second-order valence-electron chi connectivity index (χ2n) is 5.35. The van der Waals surface area contributed by atoms with E-state index in [0.717, 1.165) is 25.9 Å². The average Bonchev–Trinajstić information content (AvgIpc) is 2.55. The van der Waals surface area contributed by atoms with Gasteiger partial charge in [0.15, 0.2) is 5.82 Å². The molecule has 6 heteroatoms. The maximum Gasteiger partial charge on any atom is 0.165 e. The van der Waals surface area contributed by atoms with Gasteiger partial charge in [0.25, 0.3) is 0 Å². The molecule has 0 bridgehead atoms. The minimum Gasteiger partial charge on any atom is -0.507 e. The van der Waals surface area contributed by atoms with Crippen LogP contribution in [0.15, 0.2) is 24.3 Å². The van der Waals surface area contributed by atoms with Crippen LogP contribution >= 0.6 is 0 Å². The molecule has 0 atom stereocenters. The summed E-state index contributed by atoms with van der Waals surface area (Å²) in [5.41, 5.74) is 7.52. The molecule has 2 heterocycles. The number of nitrogens with zero attached hydrogens (tertiary/aromatic N) is 3. The molecule has 1 aliphatic rings. The third-order valence-corrected chi connectivity index (χ3v) is 3.95. The molecule has 2 aromatic rings. The van der Waals surface area contributed by atoms with Gasteiger partial charge in [0.1, 0.15) is 23.2 Å². The van der Waals surface area contributed by atoms with E-state index in [1.54, 1.807) is 24.3 Å². The number of aromatic nitrogens is 2. The number of nitrogens with two attached hydrogens (primary N) is 1. The highest BCUT2D eigenvalue weighted by atomic mass is 16.3. The van der Waals surface area contributed by atoms with E-state index in [4.69, 9.17) is 5.73 Å². The van der Waals surface area contributed by atoms with Crippen molar-refractivity contribution < 1.29 is 5.11 Å². The summed E-state index contributed by atoms with van der Waals surface area (Å²) in [5, 5.41) is 22.7. The molecule has 0 saturated carbocycles. The topological polar surface area (TPSA) is 108 Å². The monoisotopic (exact) mass is 295 g/mol. The van der Waals surface area contributed by atoms with Gasteiger partial charge in [-0.05, 0) is 38.1 Å². The number of nitrogens with one attached hydrogen (secondary N) is 1. The summed E-state index contributed by atoms with van der Waals surface area (Å²) in [6.45, 7) is 1.79. The number of hydrogen-bond donors (Lipinski definition) is 3. The lowest BCUT2D eigenvalue weighted by molar-refractivity contribution is 0.452. The predicted molar refractivity (Wildman–Crippen MR) is 83.1 cm³/mol. The molecule has 1 aromatic heterocycles. The number of anilines is 1. The Hall–Kier alpha value is -2.65. The fraction of sp³-hybridized carbons (Fsp3) is 0.312. The van der Waals surface area contributed by atoms with Crippen molar-refractivity contribution in [1.29, 1.82) is 5.26 Å². The number of nitriles is 1. The fourth-order valence-electron chi connectivity index (χ4n) is 2.78. The van der Waals surface area contributed by atoms with Crippen molar-refractivity contribution in [2.45, 2.75) is 18.8 Å². The van der Waals surface area contributed by atoms with E-state index in [-0.39, 0.29) is 17.5 Å². The van der Waals surface area contributed by atoms with Gasteiger partial charge in [-0.2, -0.15) is 5.26 Å². The Kier molecular flexibility index (Phi) is 3.90. The number of aromatic hydroxyl groups is 1. The number of rotatable bonds is 2. The number of nitrogen functional groups attached to an aromatic ring is 1. The van der Waals surface area contributed by atoms with E-state index in [9.17, 15) is 10.4 Å². The maximum atomic E-state index is 9.99. The third kappa shape index (κ3) is 2.59. The van der Waals surface area contributed by atoms with Crippen LogP contribution in [0, 0.1) is 11.3 Å². The van der Waals surface area contributed by atoms with Crippen molar-refractivity contribution >= 4 is 5.82 Å². The lowest BCUT2D eigenvalue weighted by Crippen LogP contribution is -2.27. The van der Waals surface area contributed by atoms with Gasteiger partial charge in [-0.25, -0.2) is 9.97 Å². The molecule has 112 valence electrons. The van der Waals surface area contributed by atoms with Crippen LogP contribution < -0.4 is 11.1 Å². The Balaban J connectivity index is 2.12. The van der Waals surface area contributed by atoms with E-state index >= 15 is 0 Å². The van der Waals surface area contributed by atoms with Crippen LogP contribution in [-0.2, 0) is 0 Å². The molecule has 0 amide bonds. The second-order valence-corrected chi connectivity index (χ2v) is 5.35. The number of phenols is 1. The molecule has 6 nitrogen and oxygen atoms in total. The van der Waals surface area contributed by atoms with Gasteiger partial charge < -0.3 is 16.2 Å². The highest BCUT2D eigenvalue weighted by Crippen LogP contribution is 2.32. The number of para-hydroxylation sites is 1. The first-order valence-electron chi connectivity index (χ1n) is 7.27. The Morgan fingerprint density at radius 2 is 1.95 bits per heavy atom. The summed E-state index contributed by atoms with van der Waals surface area (Å²) in [6, 6.07) is 8.98. The van der Waals surface area contributed by atoms with Crippen molar-refractivity contribution in [3.05, 3.63) is 35.5 Å². The van der Waals surface area contributed by atoms with Gasteiger partial charge in [0.05, 0.1) is 11.3 Å². The van der Waals surface area contributed by atoms with E-state index in [0.29, 0.717) is 22.6 Å². The van der Waals surface area contributed by atoms with Gasteiger partial charge in [-0.15, -0.1) is 0 Å². The van der Waals surface area contributed by atoms with Crippen molar-refractivity contribution in [2.75, 3.05) is 18.8 Å². The van der Waals surface area contributed by atoms with Crippen molar-refractivity contribution in [3.63, 3.8) is 0 Å². The number of piperidine rings is 1. The zero-order valence-electron chi connectivity index (χ0n) is 12.1. The molecule has 3 rings (SSSR count). The first-order chi connectivity index (χ1) is 10.7. The second kappa shape index (κ2) is 6.00. The van der Waals surface area contributed by atoms with E-state index in [1.807, 2.05) is 0 Å². The molecule has 0 unspecified atom stereocenters. The molecule has 4 N–H and O–H groups in total. The molecule has 1 aliphatic heterocycles. The minimum atomic E-state index is 0.0999. The molecule has 22 heavy (non-hydrogen) atoms. The van der Waals surface area contributed by atoms with Crippen molar-refractivity contribution in [2.24, 2.45) is 0 Å². The zero-order chi connectivity index (χ0) is 15.5. The number of hydrogen-bond acceptors (Lipinski definition) is 6. The van der Waals surface area contributed by atoms with Crippen LogP contribution in [0.4, 0.5) is 5.82 Å². The third-order valence-electron chi connectivity index (χ3n) is 3.95. The molecule has 0 aliphatic carbocycles. The normalized spacial score (nSPS) is 15.4. The molecule has 1 saturated heterocycles. The van der Waals surface area contributed by atoms with Crippen LogP contribution in [0.1, 0.15) is 30.0 Å². The lowest BCUT2D eigenvalue weighted by atomic mass is 9.91. The summed E-state index contributed by atoms with van der Waals surface area (Å²) in [4.78, 5) is 8.76. The van der Waals surface area contributed by atoms with Gasteiger partial charge in [0, 0.05) is 5.92 Å². The van der Waals surface area contributed by atoms with Crippen LogP contribution in [0.3, 0.4) is 0 Å².